The molecule has 1 N–H and O–H groups in total. The molecule has 8 nitrogen and oxygen atoms in total. The number of aliphatic hydroxyl groups is 1. The van der Waals surface area contributed by atoms with Gasteiger partial charge in [-0.1, -0.05) is 30.3 Å². The molecule has 0 spiro atoms. The van der Waals surface area contributed by atoms with Gasteiger partial charge in [0.15, 0.2) is 5.65 Å². The second kappa shape index (κ2) is 10.4. The average molecular weight is 459 g/mol. The van der Waals surface area contributed by atoms with Crippen molar-refractivity contribution in [3.63, 3.8) is 0 Å². The lowest BCUT2D eigenvalue weighted by Crippen LogP contribution is -2.11. The number of rotatable bonds is 10. The van der Waals surface area contributed by atoms with E-state index in [2.05, 4.69) is 15.1 Å². The quantitative estimate of drug-likeness (QED) is 0.287. The Morgan fingerprint density at radius 2 is 1.84 bits per heavy atom. The van der Waals surface area contributed by atoms with Crippen molar-refractivity contribution < 1.29 is 23.7 Å². The zero-order chi connectivity index (χ0) is 22.3. The summed E-state index contributed by atoms with van der Waals surface area (Å²) in [5.41, 5.74) is 1.83. The maximum absolute atomic E-state index is 13.9. The van der Waals surface area contributed by atoms with Crippen molar-refractivity contribution in [1.29, 1.82) is 0 Å². The SMILES string of the molecule is OCCOCCOc1cc(F)ccc1-n1ncc2c(OCc3ccccc3)nc(Cl)nc21. The molecule has 32 heavy (non-hydrogen) atoms. The average Bonchev–Trinajstić information content (AvgIpc) is 3.22. The molecule has 2 aromatic heterocycles. The third-order valence-corrected chi connectivity index (χ3v) is 4.62. The molecule has 0 saturated heterocycles. The van der Waals surface area contributed by atoms with Crippen LogP contribution < -0.4 is 9.47 Å². The van der Waals surface area contributed by atoms with E-state index < -0.39 is 5.82 Å². The molecule has 4 rings (SSSR count). The molecule has 0 fully saturated rings. The van der Waals surface area contributed by atoms with Crippen LogP contribution in [0.4, 0.5) is 4.39 Å². The van der Waals surface area contributed by atoms with E-state index in [4.69, 9.17) is 30.9 Å². The highest BCUT2D eigenvalue weighted by Gasteiger charge is 2.18. The fourth-order valence-electron chi connectivity index (χ4n) is 3.02. The first-order chi connectivity index (χ1) is 15.7. The van der Waals surface area contributed by atoms with Gasteiger partial charge in [-0.05, 0) is 29.3 Å². The van der Waals surface area contributed by atoms with E-state index in [9.17, 15) is 4.39 Å². The highest BCUT2D eigenvalue weighted by molar-refractivity contribution is 6.28. The van der Waals surface area contributed by atoms with Crippen molar-refractivity contribution in [3.05, 3.63) is 71.4 Å². The van der Waals surface area contributed by atoms with Crippen LogP contribution in [0.15, 0.2) is 54.7 Å². The van der Waals surface area contributed by atoms with E-state index in [1.165, 1.54) is 22.9 Å². The summed E-state index contributed by atoms with van der Waals surface area (Å²) in [4.78, 5) is 8.47. The number of benzene rings is 2. The fourth-order valence-corrected chi connectivity index (χ4v) is 3.18. The summed E-state index contributed by atoms with van der Waals surface area (Å²) >= 11 is 6.15. The number of aromatic nitrogens is 4. The summed E-state index contributed by atoms with van der Waals surface area (Å²) < 4.78 is 32.1. The van der Waals surface area contributed by atoms with Crippen LogP contribution in [0.3, 0.4) is 0 Å². The van der Waals surface area contributed by atoms with Crippen molar-refractivity contribution in [2.75, 3.05) is 26.4 Å². The van der Waals surface area contributed by atoms with Crippen LogP contribution in [0.1, 0.15) is 5.56 Å². The topological polar surface area (TPSA) is 91.5 Å². The molecule has 0 amide bonds. The molecule has 0 saturated carbocycles. The molecule has 0 atom stereocenters. The summed E-state index contributed by atoms with van der Waals surface area (Å²) in [6.45, 7) is 0.815. The van der Waals surface area contributed by atoms with Crippen molar-refractivity contribution in [2.45, 2.75) is 6.61 Å². The summed E-state index contributed by atoms with van der Waals surface area (Å²) in [6, 6.07) is 13.7. The molecule has 0 radical (unpaired) electrons. The Morgan fingerprint density at radius 3 is 2.66 bits per heavy atom. The van der Waals surface area contributed by atoms with Crippen LogP contribution in [0.25, 0.3) is 16.7 Å². The normalized spacial score (nSPS) is 11.1. The van der Waals surface area contributed by atoms with Crippen molar-refractivity contribution >= 4 is 22.6 Å². The Bertz CT molecular complexity index is 1190. The number of hydrogen-bond acceptors (Lipinski definition) is 7. The van der Waals surface area contributed by atoms with Gasteiger partial charge in [-0.25, -0.2) is 9.07 Å². The Hall–Kier alpha value is -3.27. The summed E-state index contributed by atoms with van der Waals surface area (Å²) in [5, 5.41) is 13.7. The Kier molecular flexibility index (Phi) is 7.10. The van der Waals surface area contributed by atoms with Gasteiger partial charge in [0.25, 0.3) is 0 Å². The van der Waals surface area contributed by atoms with Crippen LogP contribution in [0.5, 0.6) is 11.6 Å². The van der Waals surface area contributed by atoms with E-state index in [1.807, 2.05) is 30.3 Å². The van der Waals surface area contributed by atoms with Crippen LogP contribution in [-0.2, 0) is 11.3 Å². The Morgan fingerprint density at radius 1 is 1.00 bits per heavy atom. The zero-order valence-electron chi connectivity index (χ0n) is 16.9. The first-order valence-corrected chi connectivity index (χ1v) is 10.2. The molecule has 0 unspecified atom stereocenters. The minimum absolute atomic E-state index is 0.00991. The van der Waals surface area contributed by atoms with Crippen LogP contribution in [-0.4, -0.2) is 51.3 Å². The van der Waals surface area contributed by atoms with Gasteiger partial charge in [0.05, 0.1) is 26.0 Å². The number of halogens is 2. The number of hydrogen-bond donors (Lipinski definition) is 1. The van der Waals surface area contributed by atoms with Gasteiger partial charge in [-0.3, -0.25) is 0 Å². The predicted molar refractivity (Wildman–Crippen MR) is 116 cm³/mol. The second-order valence-electron chi connectivity index (χ2n) is 6.66. The van der Waals surface area contributed by atoms with Crippen LogP contribution in [0, 0.1) is 5.82 Å². The van der Waals surface area contributed by atoms with Gasteiger partial charge >= 0.3 is 0 Å². The van der Waals surface area contributed by atoms with Crippen molar-refractivity contribution in [3.8, 4) is 17.3 Å². The first-order valence-electron chi connectivity index (χ1n) is 9.85. The number of fused-ring (bicyclic) bond motifs is 1. The van der Waals surface area contributed by atoms with Gasteiger partial charge in [0, 0.05) is 6.07 Å². The second-order valence-corrected chi connectivity index (χ2v) is 7.00. The zero-order valence-corrected chi connectivity index (χ0v) is 17.7. The summed E-state index contributed by atoms with van der Waals surface area (Å²) in [6.07, 6.45) is 1.56. The lowest BCUT2D eigenvalue weighted by molar-refractivity contribution is 0.0704. The van der Waals surface area contributed by atoms with Gasteiger partial charge in [0.2, 0.25) is 11.2 Å². The molecule has 10 heteroatoms. The fraction of sp³-hybridized carbons (Fsp3) is 0.227. The highest BCUT2D eigenvalue weighted by Crippen LogP contribution is 2.30. The van der Waals surface area contributed by atoms with Crippen molar-refractivity contribution in [2.24, 2.45) is 0 Å². The number of ether oxygens (including phenoxy) is 3. The number of aliphatic hydroxyl groups excluding tert-OH is 1. The minimum Gasteiger partial charge on any atom is -0.489 e. The maximum atomic E-state index is 13.9. The largest absolute Gasteiger partial charge is 0.489 e. The van der Waals surface area contributed by atoms with E-state index in [0.717, 1.165) is 5.56 Å². The molecule has 2 heterocycles. The smallest absolute Gasteiger partial charge is 0.229 e. The van der Waals surface area contributed by atoms with Crippen LogP contribution in [0.2, 0.25) is 5.28 Å². The van der Waals surface area contributed by atoms with Gasteiger partial charge in [-0.2, -0.15) is 15.1 Å². The predicted octanol–water partition coefficient (Wildman–Crippen LogP) is 3.57. The van der Waals surface area contributed by atoms with Crippen molar-refractivity contribution in [1.82, 2.24) is 19.7 Å². The molecule has 0 aliphatic rings. The third-order valence-electron chi connectivity index (χ3n) is 4.46. The van der Waals surface area contributed by atoms with E-state index in [0.29, 0.717) is 23.3 Å². The van der Waals surface area contributed by atoms with Gasteiger partial charge in [0.1, 0.15) is 35.9 Å². The summed E-state index contributed by atoms with van der Waals surface area (Å²) in [5.74, 6) is 0.0807. The number of nitrogens with zero attached hydrogens (tertiary/aromatic N) is 4. The standard InChI is InChI=1S/C22H20ClFN4O4/c23-22-26-20-17(21(27-22)32-14-15-4-2-1-3-5-15)13-25-28(20)18-7-6-16(24)12-19(18)31-11-10-30-9-8-29/h1-7,12-13,29H,8-11,14H2. The Balaban J connectivity index is 1.63. The van der Waals surface area contributed by atoms with Crippen LogP contribution >= 0.6 is 11.6 Å². The van der Waals surface area contributed by atoms with E-state index in [-0.39, 0.29) is 43.3 Å². The van der Waals surface area contributed by atoms with Gasteiger partial charge < -0.3 is 19.3 Å². The molecule has 4 aromatic rings. The highest BCUT2D eigenvalue weighted by atomic mass is 35.5. The molecule has 166 valence electrons. The van der Waals surface area contributed by atoms with Gasteiger partial charge in [-0.15, -0.1) is 0 Å². The lowest BCUT2D eigenvalue weighted by atomic mass is 10.2. The minimum atomic E-state index is -0.462. The third kappa shape index (κ3) is 5.13. The Labute approximate surface area is 188 Å². The first kappa shape index (κ1) is 21.9. The molecule has 0 aliphatic carbocycles. The molecule has 0 bridgehead atoms. The summed E-state index contributed by atoms with van der Waals surface area (Å²) in [7, 11) is 0. The molecule has 2 aromatic carbocycles. The monoisotopic (exact) mass is 458 g/mol. The molecule has 0 aliphatic heterocycles. The van der Waals surface area contributed by atoms with E-state index >= 15 is 0 Å². The maximum Gasteiger partial charge on any atom is 0.229 e. The molecular weight excluding hydrogens is 439 g/mol. The molecular formula is C22H20ClFN4O4. The lowest BCUT2D eigenvalue weighted by Gasteiger charge is -2.13. The van der Waals surface area contributed by atoms with E-state index in [1.54, 1.807) is 6.20 Å².